The van der Waals surface area contributed by atoms with Crippen molar-refractivity contribution in [1.29, 1.82) is 0 Å². The number of rotatable bonds is 6. The Morgan fingerprint density at radius 1 is 1.48 bits per heavy atom. The molecule has 1 unspecified atom stereocenters. The third kappa shape index (κ3) is 5.36. The molecule has 2 N–H and O–H groups in total. The first-order chi connectivity index (χ1) is 10.2. The van der Waals surface area contributed by atoms with Crippen LogP contribution >= 0.6 is 0 Å². The van der Waals surface area contributed by atoms with Crippen LogP contribution in [0, 0.1) is 0 Å². The molecule has 0 aliphatic carbocycles. The van der Waals surface area contributed by atoms with Crippen LogP contribution in [0.4, 0.5) is 5.69 Å². The number of benzene rings is 1. The molecule has 21 heavy (non-hydrogen) atoms. The number of quaternary nitrogens is 1. The van der Waals surface area contributed by atoms with Gasteiger partial charge in [0.05, 0.1) is 14.2 Å². The van der Waals surface area contributed by atoms with Crippen molar-refractivity contribution in [3.05, 3.63) is 24.3 Å². The molecule has 1 aromatic rings. The van der Waals surface area contributed by atoms with E-state index in [-0.39, 0.29) is 5.91 Å². The molecule has 0 saturated carbocycles. The summed E-state index contributed by atoms with van der Waals surface area (Å²) in [6.45, 7) is 2.18. The van der Waals surface area contributed by atoms with Gasteiger partial charge in [-0.15, -0.1) is 0 Å². The van der Waals surface area contributed by atoms with E-state index in [1.807, 2.05) is 31.3 Å². The summed E-state index contributed by atoms with van der Waals surface area (Å²) >= 11 is 0. The summed E-state index contributed by atoms with van der Waals surface area (Å²) in [4.78, 5) is 13.2. The lowest BCUT2D eigenvalue weighted by atomic mass is 10.1. The minimum atomic E-state index is 0.0107. The van der Waals surface area contributed by atoms with Crippen LogP contribution < -0.4 is 15.0 Å². The van der Waals surface area contributed by atoms with E-state index < -0.39 is 0 Å². The largest absolute Gasteiger partial charge is 0.497 e. The zero-order chi connectivity index (χ0) is 15.1. The molecule has 1 aromatic carbocycles. The number of methoxy groups -OCH3 is 1. The number of nitrogens with one attached hydrogen (secondary N) is 2. The van der Waals surface area contributed by atoms with Crippen LogP contribution in [0.2, 0.25) is 0 Å². The third-order valence-electron chi connectivity index (χ3n) is 3.67. The Hall–Kier alpha value is -1.59. The van der Waals surface area contributed by atoms with Crippen molar-refractivity contribution in [3.63, 3.8) is 0 Å². The maximum absolute atomic E-state index is 12.1. The van der Waals surface area contributed by atoms with Gasteiger partial charge in [-0.25, -0.2) is 0 Å². The number of amides is 1. The van der Waals surface area contributed by atoms with Gasteiger partial charge in [0.15, 0.2) is 6.54 Å². The molecule has 0 bridgehead atoms. The van der Waals surface area contributed by atoms with Gasteiger partial charge in [0, 0.05) is 18.4 Å². The highest BCUT2D eigenvalue weighted by Crippen LogP contribution is 2.16. The molecule has 2 atom stereocenters. The monoisotopic (exact) mass is 293 g/mol. The van der Waals surface area contributed by atoms with Gasteiger partial charge >= 0.3 is 0 Å². The van der Waals surface area contributed by atoms with Gasteiger partial charge in [0.2, 0.25) is 0 Å². The Kier molecular flexibility index (Phi) is 6.02. The molecule has 2 rings (SSSR count). The Balaban J connectivity index is 1.77. The van der Waals surface area contributed by atoms with Crippen molar-refractivity contribution in [1.82, 2.24) is 0 Å². The number of likely N-dealkylation sites (N-methyl/N-ethyl adjacent to an activating group) is 1. The second kappa shape index (κ2) is 8.00. The van der Waals surface area contributed by atoms with E-state index in [9.17, 15) is 4.79 Å². The zero-order valence-corrected chi connectivity index (χ0v) is 12.9. The van der Waals surface area contributed by atoms with Crippen molar-refractivity contribution in [2.45, 2.75) is 25.4 Å². The summed E-state index contributed by atoms with van der Waals surface area (Å²) in [5.74, 6) is 0.751. The van der Waals surface area contributed by atoms with Gasteiger partial charge in [-0.2, -0.15) is 0 Å². The Morgan fingerprint density at radius 2 is 2.33 bits per heavy atom. The molecule has 116 valence electrons. The van der Waals surface area contributed by atoms with Crippen LogP contribution in [0.15, 0.2) is 24.3 Å². The smallest absolute Gasteiger partial charge is 0.279 e. The minimum absolute atomic E-state index is 0.0107. The minimum Gasteiger partial charge on any atom is -0.497 e. The average Bonchev–Trinajstić information content (AvgIpc) is 2.48. The Labute approximate surface area is 126 Å². The van der Waals surface area contributed by atoms with E-state index in [1.165, 1.54) is 11.3 Å². The van der Waals surface area contributed by atoms with Gasteiger partial charge in [0.1, 0.15) is 18.4 Å². The maximum atomic E-state index is 12.1. The van der Waals surface area contributed by atoms with Crippen LogP contribution in [0.3, 0.4) is 0 Å². The first-order valence-electron chi connectivity index (χ1n) is 7.54. The number of ether oxygens (including phenoxy) is 2. The van der Waals surface area contributed by atoms with Crippen LogP contribution in [0.5, 0.6) is 5.75 Å². The van der Waals surface area contributed by atoms with Gasteiger partial charge in [0.25, 0.3) is 5.91 Å². The molecular formula is C16H25N2O3+. The fourth-order valence-corrected chi connectivity index (χ4v) is 2.61. The average molecular weight is 293 g/mol. The standard InChI is InChI=1S/C16H24N2O3/c1-18(11-15-7-3-4-9-21-15)12-16(19)17-13-6-5-8-14(10-13)20-2/h5-6,8,10,15H,3-4,7,9,11-12H2,1-2H3,(H,17,19)/p+1/t15-/m1/s1. The molecule has 0 spiro atoms. The van der Waals surface area contributed by atoms with E-state index in [1.54, 1.807) is 7.11 Å². The van der Waals surface area contributed by atoms with Crippen LogP contribution in [0.1, 0.15) is 19.3 Å². The van der Waals surface area contributed by atoms with Crippen molar-refractivity contribution < 1.29 is 19.2 Å². The second-order valence-electron chi connectivity index (χ2n) is 5.61. The molecule has 1 aliphatic heterocycles. The maximum Gasteiger partial charge on any atom is 0.279 e. The summed E-state index contributed by atoms with van der Waals surface area (Å²) < 4.78 is 10.9. The van der Waals surface area contributed by atoms with Crippen molar-refractivity contribution in [3.8, 4) is 5.75 Å². The molecule has 1 amide bonds. The highest BCUT2D eigenvalue weighted by atomic mass is 16.5. The van der Waals surface area contributed by atoms with Crippen molar-refractivity contribution >= 4 is 11.6 Å². The van der Waals surface area contributed by atoms with Crippen LogP contribution in [-0.2, 0) is 9.53 Å². The van der Waals surface area contributed by atoms with E-state index >= 15 is 0 Å². The third-order valence-corrected chi connectivity index (χ3v) is 3.67. The molecule has 0 aromatic heterocycles. The summed E-state index contributed by atoms with van der Waals surface area (Å²) in [6.07, 6.45) is 3.79. The van der Waals surface area contributed by atoms with Crippen LogP contribution in [-0.4, -0.2) is 45.9 Å². The lowest BCUT2D eigenvalue weighted by Gasteiger charge is -2.25. The molecule has 5 heteroatoms. The lowest BCUT2D eigenvalue weighted by molar-refractivity contribution is -0.874. The first-order valence-corrected chi connectivity index (χ1v) is 7.54. The fraction of sp³-hybridized carbons (Fsp3) is 0.562. The quantitative estimate of drug-likeness (QED) is 0.812. The lowest BCUT2D eigenvalue weighted by Crippen LogP contribution is -3.11. The first kappa shape index (κ1) is 15.8. The van der Waals surface area contributed by atoms with Crippen molar-refractivity contribution in [2.75, 3.05) is 39.2 Å². The van der Waals surface area contributed by atoms with E-state index in [4.69, 9.17) is 9.47 Å². The molecule has 1 aliphatic rings. The second-order valence-corrected chi connectivity index (χ2v) is 5.61. The predicted octanol–water partition coefficient (Wildman–Crippen LogP) is 0.718. The number of hydrogen-bond donors (Lipinski definition) is 2. The van der Waals surface area contributed by atoms with E-state index in [2.05, 4.69) is 5.32 Å². The topological polar surface area (TPSA) is 52.0 Å². The number of carbonyl (C=O) groups excluding carboxylic acids is 1. The molecular weight excluding hydrogens is 268 g/mol. The molecule has 1 saturated heterocycles. The Morgan fingerprint density at radius 3 is 3.05 bits per heavy atom. The van der Waals surface area contributed by atoms with Gasteiger partial charge in [-0.05, 0) is 31.4 Å². The number of anilines is 1. The molecule has 0 radical (unpaired) electrons. The molecule has 5 nitrogen and oxygen atoms in total. The van der Waals surface area contributed by atoms with Gasteiger partial charge in [-0.1, -0.05) is 6.07 Å². The number of hydrogen-bond acceptors (Lipinski definition) is 3. The SMILES string of the molecule is COc1cccc(NC(=O)C[NH+](C)C[C@H]2CCCCO2)c1. The fourth-order valence-electron chi connectivity index (χ4n) is 2.61. The highest BCUT2D eigenvalue weighted by molar-refractivity contribution is 5.91. The summed E-state index contributed by atoms with van der Waals surface area (Å²) in [5.41, 5.74) is 0.765. The Bertz CT molecular complexity index is 459. The number of carbonyl (C=O) groups is 1. The molecule has 1 heterocycles. The van der Waals surface area contributed by atoms with Crippen molar-refractivity contribution in [2.24, 2.45) is 0 Å². The summed E-state index contributed by atoms with van der Waals surface area (Å²) in [7, 11) is 3.64. The normalized spacial score (nSPS) is 19.8. The predicted molar refractivity (Wildman–Crippen MR) is 81.8 cm³/mol. The van der Waals surface area contributed by atoms with E-state index in [0.29, 0.717) is 12.6 Å². The summed E-state index contributed by atoms with van der Waals surface area (Å²) in [6, 6.07) is 7.39. The summed E-state index contributed by atoms with van der Waals surface area (Å²) in [5, 5.41) is 2.90. The van der Waals surface area contributed by atoms with Crippen LogP contribution in [0.25, 0.3) is 0 Å². The van der Waals surface area contributed by atoms with Gasteiger partial charge < -0.3 is 19.7 Å². The highest BCUT2D eigenvalue weighted by Gasteiger charge is 2.19. The molecule has 1 fully saturated rings. The van der Waals surface area contributed by atoms with Gasteiger partial charge in [-0.3, -0.25) is 4.79 Å². The zero-order valence-electron chi connectivity index (χ0n) is 12.9. The van der Waals surface area contributed by atoms with E-state index in [0.717, 1.165) is 37.4 Å².